The van der Waals surface area contributed by atoms with Gasteiger partial charge in [0.25, 0.3) is 5.91 Å². The number of aromatic amines is 1. The van der Waals surface area contributed by atoms with Crippen molar-refractivity contribution in [3.05, 3.63) is 24.4 Å². The number of nitrogens with one attached hydrogen (secondary N) is 1. The topological polar surface area (TPSA) is 72.5 Å². The Morgan fingerprint density at radius 3 is 2.74 bits per heavy atom. The Kier molecular flexibility index (Phi) is 4.52. The highest BCUT2D eigenvalue weighted by Gasteiger charge is 2.26. The Morgan fingerprint density at radius 1 is 1.30 bits per heavy atom. The second-order valence-corrected chi connectivity index (χ2v) is 6.60. The summed E-state index contributed by atoms with van der Waals surface area (Å²) in [6.07, 6.45) is 1.47. The van der Waals surface area contributed by atoms with Crippen LogP contribution in [0, 0.1) is 5.92 Å². The van der Waals surface area contributed by atoms with E-state index in [0.717, 1.165) is 29.7 Å². The Bertz CT molecular complexity index is 674. The van der Waals surface area contributed by atoms with Gasteiger partial charge in [-0.3, -0.25) is 9.89 Å². The van der Waals surface area contributed by atoms with Crippen LogP contribution in [0.3, 0.4) is 0 Å². The lowest BCUT2D eigenvalue weighted by Crippen LogP contribution is -2.51. The number of fused-ring (bicyclic) bond motifs is 1. The minimum atomic E-state index is -0.871. The molecule has 2 N–H and O–H groups in total. The molecule has 1 aromatic carbocycles. The van der Waals surface area contributed by atoms with Crippen molar-refractivity contribution in [2.75, 3.05) is 31.1 Å². The molecule has 0 bridgehead atoms. The van der Waals surface area contributed by atoms with Gasteiger partial charge in [-0.15, -0.1) is 0 Å². The number of carbonyl (C=O) groups is 1. The first-order valence-corrected chi connectivity index (χ1v) is 8.19. The highest BCUT2D eigenvalue weighted by Crippen LogP contribution is 2.22. The van der Waals surface area contributed by atoms with Gasteiger partial charge in [0.15, 0.2) is 0 Å². The van der Waals surface area contributed by atoms with Crippen LogP contribution in [-0.2, 0) is 4.79 Å². The number of H-pyrrole nitrogens is 1. The van der Waals surface area contributed by atoms with Crippen LogP contribution < -0.4 is 4.90 Å². The van der Waals surface area contributed by atoms with E-state index in [1.54, 1.807) is 4.90 Å². The van der Waals surface area contributed by atoms with Crippen molar-refractivity contribution in [3.63, 3.8) is 0 Å². The van der Waals surface area contributed by atoms with Gasteiger partial charge in [-0.25, -0.2) is 0 Å². The van der Waals surface area contributed by atoms with Crippen LogP contribution in [0.25, 0.3) is 10.9 Å². The third kappa shape index (κ3) is 3.47. The molecule has 124 valence electrons. The number of nitrogens with zero attached hydrogens (tertiary/aromatic N) is 3. The number of piperazine rings is 1. The second kappa shape index (κ2) is 6.58. The number of hydrogen-bond donors (Lipinski definition) is 2. The summed E-state index contributed by atoms with van der Waals surface area (Å²) >= 11 is 0. The molecule has 1 saturated heterocycles. The molecular formula is C17H24N4O2. The smallest absolute Gasteiger partial charge is 0.251 e. The molecule has 2 aromatic rings. The molecule has 3 rings (SSSR count). The van der Waals surface area contributed by atoms with Crippen LogP contribution in [0.4, 0.5) is 5.69 Å². The summed E-state index contributed by atoms with van der Waals surface area (Å²) in [6, 6.07) is 6.22. The Morgan fingerprint density at radius 2 is 2.04 bits per heavy atom. The van der Waals surface area contributed by atoms with Crippen LogP contribution in [-0.4, -0.2) is 58.4 Å². The molecule has 1 amide bonds. The maximum Gasteiger partial charge on any atom is 0.251 e. The number of hydrogen-bond acceptors (Lipinski definition) is 4. The fourth-order valence-electron chi connectivity index (χ4n) is 3.07. The van der Waals surface area contributed by atoms with Gasteiger partial charge >= 0.3 is 0 Å². The van der Waals surface area contributed by atoms with Crippen LogP contribution in [0.5, 0.6) is 0 Å². The normalized spacial score (nSPS) is 17.0. The first-order valence-electron chi connectivity index (χ1n) is 8.19. The lowest BCUT2D eigenvalue weighted by Gasteiger charge is -2.37. The number of amides is 1. The van der Waals surface area contributed by atoms with Gasteiger partial charge in [0.2, 0.25) is 0 Å². The van der Waals surface area contributed by atoms with Crippen molar-refractivity contribution in [1.29, 1.82) is 0 Å². The predicted molar refractivity (Wildman–Crippen MR) is 90.3 cm³/mol. The lowest BCUT2D eigenvalue weighted by molar-refractivity contribution is -0.141. The molecule has 0 radical (unpaired) electrons. The third-order valence-corrected chi connectivity index (χ3v) is 4.36. The van der Waals surface area contributed by atoms with Crippen LogP contribution >= 0.6 is 0 Å². The summed E-state index contributed by atoms with van der Waals surface area (Å²) in [5, 5.41) is 18.1. The summed E-state index contributed by atoms with van der Waals surface area (Å²) in [6.45, 7) is 6.89. The summed E-state index contributed by atoms with van der Waals surface area (Å²) in [4.78, 5) is 16.3. The second-order valence-electron chi connectivity index (χ2n) is 6.60. The summed E-state index contributed by atoms with van der Waals surface area (Å²) < 4.78 is 0. The highest BCUT2D eigenvalue weighted by atomic mass is 16.3. The van der Waals surface area contributed by atoms with Gasteiger partial charge in [-0.2, -0.15) is 5.10 Å². The number of anilines is 1. The van der Waals surface area contributed by atoms with E-state index < -0.39 is 6.10 Å². The average Bonchev–Trinajstić information content (AvgIpc) is 3.01. The predicted octanol–water partition coefficient (Wildman–Crippen LogP) is 1.62. The summed E-state index contributed by atoms with van der Waals surface area (Å²) in [5.74, 6) is 0.181. The molecule has 0 unspecified atom stereocenters. The minimum absolute atomic E-state index is 0.136. The molecule has 6 nitrogen and oxygen atoms in total. The summed E-state index contributed by atoms with van der Waals surface area (Å²) in [5.41, 5.74) is 2.17. The number of benzene rings is 1. The molecule has 6 heteroatoms. The monoisotopic (exact) mass is 316 g/mol. The fraction of sp³-hybridized carbons (Fsp3) is 0.529. The van der Waals surface area contributed by atoms with E-state index in [9.17, 15) is 9.90 Å². The van der Waals surface area contributed by atoms with Gasteiger partial charge in [0, 0.05) is 37.3 Å². The van der Waals surface area contributed by atoms with Crippen LogP contribution in [0.1, 0.15) is 20.3 Å². The third-order valence-electron chi connectivity index (χ3n) is 4.36. The van der Waals surface area contributed by atoms with Crippen molar-refractivity contribution >= 4 is 22.5 Å². The molecule has 0 aliphatic carbocycles. The molecule has 1 aliphatic heterocycles. The molecular weight excluding hydrogens is 292 g/mol. The summed E-state index contributed by atoms with van der Waals surface area (Å²) in [7, 11) is 0. The number of rotatable bonds is 4. The first kappa shape index (κ1) is 15.8. The lowest BCUT2D eigenvalue weighted by atomic mass is 10.0. The molecule has 1 atom stereocenters. The van der Waals surface area contributed by atoms with Crippen molar-refractivity contribution in [1.82, 2.24) is 15.1 Å². The van der Waals surface area contributed by atoms with Crippen molar-refractivity contribution in [3.8, 4) is 0 Å². The molecule has 0 spiro atoms. The van der Waals surface area contributed by atoms with Gasteiger partial charge in [0.05, 0.1) is 11.7 Å². The van der Waals surface area contributed by atoms with E-state index in [0.29, 0.717) is 25.4 Å². The average molecular weight is 316 g/mol. The van der Waals surface area contributed by atoms with E-state index in [2.05, 4.69) is 27.2 Å². The quantitative estimate of drug-likeness (QED) is 0.899. The number of aliphatic hydroxyl groups is 1. The van der Waals surface area contributed by atoms with Gasteiger partial charge < -0.3 is 14.9 Å². The number of carbonyl (C=O) groups excluding carboxylic acids is 1. The van der Waals surface area contributed by atoms with Crippen molar-refractivity contribution < 1.29 is 9.90 Å². The molecule has 1 aromatic heterocycles. The minimum Gasteiger partial charge on any atom is -0.383 e. The fourth-order valence-corrected chi connectivity index (χ4v) is 3.07. The SMILES string of the molecule is CC(C)C[C@H](O)C(=O)N1CCN(c2ccc3[nH]ncc3c2)CC1. The van der Waals surface area contributed by atoms with E-state index in [4.69, 9.17) is 0 Å². The maximum absolute atomic E-state index is 12.3. The first-order chi connectivity index (χ1) is 11.0. The van der Waals surface area contributed by atoms with E-state index in [-0.39, 0.29) is 5.91 Å². The van der Waals surface area contributed by atoms with Crippen LogP contribution in [0.15, 0.2) is 24.4 Å². The van der Waals surface area contributed by atoms with E-state index in [1.807, 2.05) is 26.1 Å². The van der Waals surface area contributed by atoms with Crippen molar-refractivity contribution in [2.45, 2.75) is 26.4 Å². The number of aromatic nitrogens is 2. The highest BCUT2D eigenvalue weighted by molar-refractivity contribution is 5.83. The van der Waals surface area contributed by atoms with Crippen LogP contribution in [0.2, 0.25) is 0 Å². The zero-order chi connectivity index (χ0) is 16.4. The van der Waals surface area contributed by atoms with E-state index >= 15 is 0 Å². The van der Waals surface area contributed by atoms with Gasteiger partial charge in [-0.05, 0) is 30.5 Å². The van der Waals surface area contributed by atoms with Gasteiger partial charge in [-0.1, -0.05) is 13.8 Å². The Hall–Kier alpha value is -2.08. The molecule has 1 aliphatic rings. The largest absolute Gasteiger partial charge is 0.383 e. The van der Waals surface area contributed by atoms with E-state index in [1.165, 1.54) is 0 Å². The Balaban J connectivity index is 1.60. The zero-order valence-corrected chi connectivity index (χ0v) is 13.7. The zero-order valence-electron chi connectivity index (χ0n) is 13.7. The molecule has 23 heavy (non-hydrogen) atoms. The molecule has 1 fully saturated rings. The number of aliphatic hydroxyl groups excluding tert-OH is 1. The Labute approximate surface area is 136 Å². The molecule has 2 heterocycles. The molecule has 0 saturated carbocycles. The standard InChI is InChI=1S/C17H24N4O2/c1-12(2)9-16(22)17(23)21-7-5-20(6-8-21)14-3-4-15-13(10-14)11-18-19-15/h3-4,10-12,16,22H,5-9H2,1-2H3,(H,18,19)/t16-/m0/s1. The van der Waals surface area contributed by atoms with Gasteiger partial charge in [0.1, 0.15) is 6.10 Å². The maximum atomic E-state index is 12.3. The van der Waals surface area contributed by atoms with Crippen molar-refractivity contribution in [2.24, 2.45) is 5.92 Å².